The Morgan fingerprint density at radius 1 is 0.359 bits per heavy atom. The third-order valence-corrected chi connectivity index (χ3v) is 5.80. The molecule has 0 bridgehead atoms. The molecule has 2 N–H and O–H groups in total. The quantitative estimate of drug-likeness (QED) is 0.155. The van der Waals surface area contributed by atoms with E-state index in [1.165, 1.54) is 0 Å². The van der Waals surface area contributed by atoms with Crippen LogP contribution in [0.25, 0.3) is 21.5 Å². The van der Waals surface area contributed by atoms with E-state index in [1.54, 1.807) is 12.1 Å². The van der Waals surface area contributed by atoms with Crippen molar-refractivity contribution in [2.45, 2.75) is 0 Å². The Balaban J connectivity index is 0.000000176. The first-order valence-corrected chi connectivity index (χ1v) is 12.0. The van der Waals surface area contributed by atoms with Gasteiger partial charge >= 0.3 is 0 Å². The summed E-state index contributed by atoms with van der Waals surface area (Å²) in [6.07, 6.45) is 0. The van der Waals surface area contributed by atoms with Gasteiger partial charge in [0.05, 0.1) is 11.4 Å². The van der Waals surface area contributed by atoms with E-state index in [0.29, 0.717) is 11.4 Å². The van der Waals surface area contributed by atoms with E-state index in [1.807, 2.05) is 121 Å². The zero-order valence-electron chi connectivity index (χ0n) is 20.7. The molecule has 7 heteroatoms. The van der Waals surface area contributed by atoms with Gasteiger partial charge in [0, 0.05) is 31.2 Å². The summed E-state index contributed by atoms with van der Waals surface area (Å²) in [4.78, 5) is 0. The fourth-order valence-electron chi connectivity index (χ4n) is 3.90. The molecule has 0 fully saturated rings. The van der Waals surface area contributed by atoms with Gasteiger partial charge in [-0.1, -0.05) is 97.1 Å². The van der Waals surface area contributed by atoms with Crippen LogP contribution in [0.5, 0.6) is 11.5 Å². The molecule has 6 nitrogen and oxygen atoms in total. The largest absolute Gasteiger partial charge is 0.506 e. The van der Waals surface area contributed by atoms with Gasteiger partial charge in [-0.15, -0.1) is 10.2 Å². The fraction of sp³-hybridized carbons (Fsp3) is 0. The molecule has 0 radical (unpaired) electrons. The predicted molar refractivity (Wildman–Crippen MR) is 152 cm³/mol. The number of rotatable bonds is 4. The summed E-state index contributed by atoms with van der Waals surface area (Å²) < 4.78 is 0. The molecule has 0 heterocycles. The van der Waals surface area contributed by atoms with Crippen LogP contribution in [0.2, 0.25) is 0 Å². The molecule has 0 aliphatic carbocycles. The molecule has 6 rings (SSSR count). The number of hydrogen-bond donors (Lipinski definition) is 2. The van der Waals surface area contributed by atoms with Crippen LogP contribution in [0.4, 0.5) is 22.7 Å². The van der Waals surface area contributed by atoms with Gasteiger partial charge in [0.2, 0.25) is 0 Å². The van der Waals surface area contributed by atoms with Gasteiger partial charge in [-0.05, 0) is 47.2 Å². The Kier molecular flexibility index (Phi) is 9.26. The number of phenols is 2. The third kappa shape index (κ3) is 6.79. The maximum absolute atomic E-state index is 9.93. The number of hydrogen-bond acceptors (Lipinski definition) is 6. The Morgan fingerprint density at radius 2 is 0.718 bits per heavy atom. The molecule has 0 aromatic heterocycles. The topological polar surface area (TPSA) is 89.9 Å². The van der Waals surface area contributed by atoms with E-state index in [2.05, 4.69) is 20.5 Å². The van der Waals surface area contributed by atoms with Crippen LogP contribution in [0.1, 0.15) is 0 Å². The van der Waals surface area contributed by atoms with Crippen molar-refractivity contribution in [1.82, 2.24) is 0 Å². The second kappa shape index (κ2) is 13.2. The number of nitrogens with zero attached hydrogens (tertiary/aromatic N) is 4. The number of aromatic hydroxyl groups is 2. The van der Waals surface area contributed by atoms with Crippen LogP contribution in [-0.2, 0) is 20.4 Å². The molecule has 6 aromatic carbocycles. The van der Waals surface area contributed by atoms with Crippen LogP contribution >= 0.6 is 0 Å². The van der Waals surface area contributed by atoms with E-state index in [9.17, 15) is 10.2 Å². The summed E-state index contributed by atoms with van der Waals surface area (Å²) in [5.74, 6) is 0.275. The summed E-state index contributed by atoms with van der Waals surface area (Å²) in [5, 5.41) is 40.4. The molecule has 0 amide bonds. The standard InChI is InChI=1S/2C16H12N2O.Pd/c2*19-15-11-10-12-6-4-5-9-14(12)16(15)18-17-13-7-2-1-3-8-13;/h2*1-11,19H;. The Hall–Kier alpha value is -4.70. The molecule has 0 saturated carbocycles. The number of azo groups is 2. The van der Waals surface area contributed by atoms with E-state index in [-0.39, 0.29) is 31.9 Å². The predicted octanol–water partition coefficient (Wildman–Crippen LogP) is 9.92. The SMILES string of the molecule is Oc1ccc2ccccc2c1N=Nc1ccccc1.Oc1ccc2ccccc2c1N=Nc1ccccc1.[Pd]. The average molecular weight is 603 g/mol. The summed E-state index contributed by atoms with van der Waals surface area (Å²) in [7, 11) is 0. The van der Waals surface area contributed by atoms with Crippen LogP contribution in [-0.4, -0.2) is 10.2 Å². The molecule has 0 saturated heterocycles. The summed E-state index contributed by atoms with van der Waals surface area (Å²) in [6.45, 7) is 0. The van der Waals surface area contributed by atoms with Gasteiger partial charge < -0.3 is 10.2 Å². The summed E-state index contributed by atoms with van der Waals surface area (Å²) >= 11 is 0. The third-order valence-electron chi connectivity index (χ3n) is 5.80. The molecule has 0 aliphatic rings. The minimum Gasteiger partial charge on any atom is -0.506 e. The zero-order chi connectivity index (χ0) is 26.2. The van der Waals surface area contributed by atoms with Crippen LogP contribution < -0.4 is 0 Å². The van der Waals surface area contributed by atoms with Crippen molar-refractivity contribution >= 4 is 44.3 Å². The molecule has 0 aliphatic heterocycles. The first-order valence-electron chi connectivity index (χ1n) is 12.0. The first-order chi connectivity index (χ1) is 18.7. The van der Waals surface area contributed by atoms with E-state index >= 15 is 0 Å². The second-order valence-electron chi connectivity index (χ2n) is 8.38. The molecular formula is C32H24N4O2Pd. The van der Waals surface area contributed by atoms with Crippen molar-refractivity contribution in [2.24, 2.45) is 20.5 Å². The fourth-order valence-corrected chi connectivity index (χ4v) is 3.90. The number of fused-ring (bicyclic) bond motifs is 2. The van der Waals surface area contributed by atoms with E-state index < -0.39 is 0 Å². The Bertz CT molecular complexity index is 1610. The minimum absolute atomic E-state index is 0. The van der Waals surface area contributed by atoms with Gasteiger partial charge in [0.25, 0.3) is 0 Å². The number of phenolic OH excluding ortho intramolecular Hbond substituents is 2. The molecule has 39 heavy (non-hydrogen) atoms. The summed E-state index contributed by atoms with van der Waals surface area (Å²) in [5.41, 5.74) is 2.52. The van der Waals surface area contributed by atoms with Crippen molar-refractivity contribution in [2.75, 3.05) is 0 Å². The van der Waals surface area contributed by atoms with Crippen molar-refractivity contribution in [3.05, 3.63) is 133 Å². The van der Waals surface area contributed by atoms with E-state index in [4.69, 9.17) is 0 Å². The molecular weight excluding hydrogens is 579 g/mol. The van der Waals surface area contributed by atoms with Crippen molar-refractivity contribution in [3.8, 4) is 11.5 Å². The molecule has 0 atom stereocenters. The van der Waals surface area contributed by atoms with Crippen molar-refractivity contribution < 1.29 is 30.6 Å². The average Bonchev–Trinajstić information content (AvgIpc) is 2.97. The molecule has 0 unspecified atom stereocenters. The molecule has 0 spiro atoms. The normalized spacial score (nSPS) is 10.9. The Morgan fingerprint density at radius 3 is 1.13 bits per heavy atom. The maximum Gasteiger partial charge on any atom is 0.143 e. The van der Waals surface area contributed by atoms with Gasteiger partial charge in [-0.3, -0.25) is 0 Å². The van der Waals surface area contributed by atoms with E-state index in [0.717, 1.165) is 32.9 Å². The van der Waals surface area contributed by atoms with Crippen molar-refractivity contribution in [3.63, 3.8) is 0 Å². The zero-order valence-corrected chi connectivity index (χ0v) is 22.3. The smallest absolute Gasteiger partial charge is 0.143 e. The molecule has 6 aromatic rings. The second-order valence-corrected chi connectivity index (χ2v) is 8.38. The van der Waals surface area contributed by atoms with Gasteiger partial charge in [-0.2, -0.15) is 10.2 Å². The number of benzene rings is 6. The van der Waals surface area contributed by atoms with Crippen LogP contribution in [0.3, 0.4) is 0 Å². The van der Waals surface area contributed by atoms with Gasteiger partial charge in [0.15, 0.2) is 0 Å². The Labute approximate surface area is 239 Å². The van der Waals surface area contributed by atoms with Gasteiger partial charge in [0.1, 0.15) is 22.9 Å². The minimum atomic E-state index is 0. The monoisotopic (exact) mass is 602 g/mol. The van der Waals surface area contributed by atoms with Gasteiger partial charge in [-0.25, -0.2) is 0 Å². The summed E-state index contributed by atoms with van der Waals surface area (Å²) in [6, 6.07) is 41.5. The van der Waals surface area contributed by atoms with Crippen LogP contribution in [0, 0.1) is 0 Å². The first kappa shape index (κ1) is 27.3. The molecule has 194 valence electrons. The van der Waals surface area contributed by atoms with Crippen LogP contribution in [0.15, 0.2) is 154 Å². The maximum atomic E-state index is 9.93. The van der Waals surface area contributed by atoms with Crippen molar-refractivity contribution in [1.29, 1.82) is 0 Å².